The Hall–Kier alpha value is -15.2. The molecule has 0 N–H and O–H groups in total. The zero-order valence-corrected chi connectivity index (χ0v) is 70.0. The van der Waals surface area contributed by atoms with Gasteiger partial charge in [-0.15, -0.1) is 34.0 Å². The quantitative estimate of drug-likeness (QED) is 0.107. The summed E-state index contributed by atoms with van der Waals surface area (Å²) < 4.78 is 15.7. The number of hydrogen-bond acceptors (Lipinski definition) is 9. The van der Waals surface area contributed by atoms with Gasteiger partial charge in [0.15, 0.2) is 0 Å². The molecule has 22 aromatic rings. The molecule has 0 bridgehead atoms. The molecule has 0 radical (unpaired) electrons. The minimum atomic E-state index is -0.331. The van der Waals surface area contributed by atoms with E-state index in [9.17, 15) is 0 Å². The lowest BCUT2D eigenvalue weighted by molar-refractivity contribution is 0.488. The molecule has 3 aromatic heterocycles. The van der Waals surface area contributed by atoms with Crippen molar-refractivity contribution < 1.29 is 4.74 Å². The van der Waals surface area contributed by atoms with Crippen molar-refractivity contribution in [3.63, 3.8) is 0 Å². The van der Waals surface area contributed by atoms with Gasteiger partial charge < -0.3 is 29.2 Å². The molecule has 19 aromatic carbocycles. The third-order valence-electron chi connectivity index (χ3n) is 26.0. The summed E-state index contributed by atoms with van der Waals surface area (Å²) in [6.45, 7) is -0.656. The van der Waals surface area contributed by atoms with Crippen molar-refractivity contribution in [2.24, 2.45) is 0 Å². The zero-order chi connectivity index (χ0) is 81.9. The first-order valence-corrected chi connectivity index (χ1v) is 45.2. The first-order valence-electron chi connectivity index (χ1n) is 42.8. The Balaban J connectivity index is 0.792. The van der Waals surface area contributed by atoms with E-state index in [4.69, 9.17) is 4.74 Å². The Kier molecular flexibility index (Phi) is 16.4. The van der Waals surface area contributed by atoms with E-state index in [0.717, 1.165) is 152 Å². The molecule has 0 amide bonds. The maximum absolute atomic E-state index is 8.35. The van der Waals surface area contributed by atoms with E-state index in [1.54, 1.807) is 0 Å². The molecular formula is C114H71B2N5OS3. The van der Waals surface area contributed by atoms with E-state index in [1.807, 2.05) is 34.0 Å². The van der Waals surface area contributed by atoms with E-state index in [1.165, 1.54) is 82.4 Å². The van der Waals surface area contributed by atoms with Crippen molar-refractivity contribution >= 4 is 226 Å². The van der Waals surface area contributed by atoms with Gasteiger partial charge >= 0.3 is 0 Å². The largest absolute Gasteiger partial charge is 0.458 e. The van der Waals surface area contributed by atoms with Crippen LogP contribution in [-0.2, 0) is 0 Å². The van der Waals surface area contributed by atoms with Crippen molar-refractivity contribution in [3.8, 4) is 56.0 Å². The van der Waals surface area contributed by atoms with Crippen molar-refractivity contribution in [1.82, 2.24) is 0 Å². The van der Waals surface area contributed by atoms with Crippen LogP contribution >= 0.6 is 34.0 Å². The minimum absolute atomic E-state index is 0.325. The number of para-hydroxylation sites is 6. The van der Waals surface area contributed by atoms with Crippen LogP contribution in [0.1, 0.15) is 0 Å². The van der Waals surface area contributed by atoms with Crippen LogP contribution in [0.25, 0.3) is 105 Å². The van der Waals surface area contributed by atoms with Gasteiger partial charge in [-0.2, -0.15) is 0 Å². The topological polar surface area (TPSA) is 25.4 Å². The SMILES string of the molecule is c1ccc(-c2cccc(-c3ccccc3)c2N(c2ccccc2)c2cc3c4c(c2)N(c2cccc5sc6ccccc6c25)c2ccccc2B4c2cc4c(cc2O3)N(c2cccc3sc5ccccc5c23)c2cc(N(c3ccccc3)c3cccc5c3sc3ccccc35)cc3c2B4c2ccccc2N3c2c(-c3ccccc3)cccc2-c2ccccc2)cc1. The molecule has 26 rings (SSSR count). The average molecular weight is 1640 g/mol. The highest BCUT2D eigenvalue weighted by Gasteiger charge is 2.50. The van der Waals surface area contributed by atoms with Crippen molar-refractivity contribution in [2.45, 2.75) is 0 Å². The Labute approximate surface area is 736 Å². The van der Waals surface area contributed by atoms with Crippen LogP contribution in [0.15, 0.2) is 431 Å². The Bertz CT molecular complexity index is 8030. The van der Waals surface area contributed by atoms with Gasteiger partial charge in [-0.3, -0.25) is 0 Å². The fourth-order valence-electron chi connectivity index (χ4n) is 20.9. The monoisotopic (exact) mass is 1640 g/mol. The minimum Gasteiger partial charge on any atom is -0.458 e. The van der Waals surface area contributed by atoms with Gasteiger partial charge in [-0.25, -0.2) is 0 Å². The Morgan fingerprint density at radius 1 is 0.232 bits per heavy atom. The summed E-state index contributed by atoms with van der Waals surface area (Å²) in [5.41, 5.74) is 31.8. The average Bonchev–Trinajstić information content (AvgIpc) is 1.18. The lowest BCUT2D eigenvalue weighted by atomic mass is 9.30. The normalized spacial score (nSPS) is 12.8. The summed E-state index contributed by atoms with van der Waals surface area (Å²) in [6, 6.07) is 161. The van der Waals surface area contributed by atoms with Crippen LogP contribution in [0.3, 0.4) is 0 Å². The van der Waals surface area contributed by atoms with E-state index < -0.39 is 0 Å². The number of nitrogens with zero attached hydrogens (tertiary/aromatic N) is 5. The van der Waals surface area contributed by atoms with Crippen LogP contribution in [0.2, 0.25) is 0 Å². The van der Waals surface area contributed by atoms with E-state index in [-0.39, 0.29) is 13.4 Å². The number of rotatable bonds is 13. The second-order valence-corrected chi connectivity index (χ2v) is 36.0. The standard InChI is InChI=1S/C114H71B2N5OS3/c1-7-34-72(35-8-1)80-49-29-50-81(73-36-9-2-10-37-73)112(80)118(77-44-17-6-18-45-77)79-68-100-111-102(69-79)122-101-71-97-90(70-91(101)116(111)88-54-22-24-56-92(88)119(100)94-58-32-64-106-108(94)86-47-20-27-62-104(86)123-106)115-89-55-23-25-57-93(89)121(113-82(74-38-11-3-12-39-74)51-30-52-83(113)75-40-13-4-14-41-75)99-67-78(66-98(110(99)115)120(97)95-59-33-65-107-109(95)87-48-21-28-63-105(87)124-107)117(76-42-15-5-16-43-76)96-60-31-53-85-84-46-19-26-61-103(84)125-114(85)96/h1-71H. The number of ether oxygens (including phenoxy) is 1. The molecule has 0 atom stereocenters. The fourth-order valence-corrected chi connectivity index (χ4v) is 24.3. The highest BCUT2D eigenvalue weighted by molar-refractivity contribution is 7.27. The molecule has 6 nitrogen and oxygen atoms in total. The van der Waals surface area contributed by atoms with Crippen molar-refractivity contribution in [3.05, 3.63) is 431 Å². The maximum Gasteiger partial charge on any atom is 0.256 e. The highest BCUT2D eigenvalue weighted by atomic mass is 32.1. The smallest absolute Gasteiger partial charge is 0.256 e. The maximum atomic E-state index is 8.35. The number of thiophene rings is 3. The molecule has 0 spiro atoms. The molecule has 4 aliphatic heterocycles. The lowest BCUT2D eigenvalue weighted by Crippen LogP contribution is -2.64. The fraction of sp³-hybridized carbons (Fsp3) is 0. The van der Waals surface area contributed by atoms with Gasteiger partial charge in [0.05, 0.1) is 44.5 Å². The number of anilines is 15. The van der Waals surface area contributed by atoms with Gasteiger partial charge in [-0.05, 0) is 158 Å². The van der Waals surface area contributed by atoms with Crippen molar-refractivity contribution in [1.29, 1.82) is 0 Å². The van der Waals surface area contributed by atoms with Crippen LogP contribution in [0, 0.1) is 0 Å². The van der Waals surface area contributed by atoms with Gasteiger partial charge in [0.25, 0.3) is 13.4 Å². The number of hydrogen-bond donors (Lipinski definition) is 0. The first kappa shape index (κ1) is 71.5. The van der Waals surface area contributed by atoms with Gasteiger partial charge in [0.1, 0.15) is 11.5 Å². The van der Waals surface area contributed by atoms with Crippen LogP contribution in [0.4, 0.5) is 85.3 Å². The van der Waals surface area contributed by atoms with Gasteiger partial charge in [-0.1, -0.05) is 315 Å². The second-order valence-electron chi connectivity index (χ2n) is 32.8. The number of fused-ring (bicyclic) bond motifs is 17. The summed E-state index contributed by atoms with van der Waals surface area (Å²) in [7, 11) is 0. The first-order chi connectivity index (χ1) is 62.1. The Morgan fingerprint density at radius 3 is 1.18 bits per heavy atom. The molecule has 0 unspecified atom stereocenters. The molecule has 125 heavy (non-hydrogen) atoms. The molecule has 11 heteroatoms. The summed E-state index contributed by atoms with van der Waals surface area (Å²) in [6.07, 6.45) is 0. The predicted molar refractivity (Wildman–Crippen MR) is 536 cm³/mol. The molecule has 7 heterocycles. The predicted octanol–water partition coefficient (Wildman–Crippen LogP) is 28.9. The molecule has 0 saturated carbocycles. The third-order valence-corrected chi connectivity index (χ3v) is 29.5. The second kappa shape index (κ2) is 28.7. The van der Waals surface area contributed by atoms with Crippen LogP contribution in [-0.4, -0.2) is 13.4 Å². The molecule has 0 saturated heterocycles. The zero-order valence-electron chi connectivity index (χ0n) is 67.5. The van der Waals surface area contributed by atoms with E-state index in [2.05, 4.69) is 455 Å². The molecule has 0 fully saturated rings. The molecular weight excluding hydrogens is 1570 g/mol. The molecule has 0 aliphatic carbocycles. The summed E-state index contributed by atoms with van der Waals surface area (Å²) in [5, 5.41) is 7.32. The highest BCUT2D eigenvalue weighted by Crippen LogP contribution is 2.58. The summed E-state index contributed by atoms with van der Waals surface area (Å²) in [5.74, 6) is 1.58. The van der Waals surface area contributed by atoms with E-state index in [0.29, 0.717) is 0 Å². The van der Waals surface area contributed by atoms with E-state index >= 15 is 0 Å². The van der Waals surface area contributed by atoms with Crippen LogP contribution in [0.5, 0.6) is 11.5 Å². The summed E-state index contributed by atoms with van der Waals surface area (Å²) in [4.78, 5) is 13.0. The van der Waals surface area contributed by atoms with Gasteiger partial charge in [0, 0.05) is 136 Å². The lowest BCUT2D eigenvalue weighted by Gasteiger charge is -2.46. The van der Waals surface area contributed by atoms with Crippen molar-refractivity contribution in [2.75, 3.05) is 24.5 Å². The molecule has 4 aliphatic rings. The molecule has 582 valence electrons. The summed E-state index contributed by atoms with van der Waals surface area (Å²) >= 11 is 5.58. The Morgan fingerprint density at radius 2 is 0.624 bits per heavy atom. The third kappa shape index (κ3) is 11.1. The van der Waals surface area contributed by atoms with Gasteiger partial charge in [0.2, 0.25) is 0 Å². The van der Waals surface area contributed by atoms with Crippen LogP contribution < -0.4 is 62.0 Å². The number of benzene rings is 19.